The zero-order valence-corrected chi connectivity index (χ0v) is 23.4. The molecule has 9 heteroatoms. The third-order valence-electron chi connectivity index (χ3n) is 7.96. The predicted octanol–water partition coefficient (Wildman–Crippen LogP) is 3.71. The summed E-state index contributed by atoms with van der Waals surface area (Å²) in [6, 6.07) is 6.64. The molecule has 0 saturated heterocycles. The number of aliphatic hydroxyl groups is 1. The molecule has 9 nitrogen and oxygen atoms in total. The van der Waals surface area contributed by atoms with Crippen molar-refractivity contribution in [3.8, 4) is 5.75 Å². The fourth-order valence-electron chi connectivity index (χ4n) is 5.76. The van der Waals surface area contributed by atoms with Crippen LogP contribution in [0.25, 0.3) is 0 Å². The number of nitrogens with one attached hydrogen (secondary N) is 1. The molecule has 38 heavy (non-hydrogen) atoms. The summed E-state index contributed by atoms with van der Waals surface area (Å²) in [5, 5.41) is 17.2. The SMILES string of the molecule is Cc1cc(C(=O)Nc2cccc3c2O[C@H](CN(C)CC2CCCCC2)[C@@H](C)CN([C@@H](C)CO)C3=O)n(C)n1. The first-order valence-corrected chi connectivity index (χ1v) is 13.9. The number of amides is 2. The lowest BCUT2D eigenvalue weighted by Crippen LogP contribution is -2.50. The minimum atomic E-state index is -0.341. The number of ether oxygens (including phenoxy) is 1. The number of benzene rings is 1. The lowest BCUT2D eigenvalue weighted by atomic mass is 9.89. The van der Waals surface area contributed by atoms with Crippen LogP contribution in [0.4, 0.5) is 5.69 Å². The monoisotopic (exact) mass is 525 g/mol. The normalized spacial score (nSPS) is 21.4. The van der Waals surface area contributed by atoms with Gasteiger partial charge < -0.3 is 25.0 Å². The number of aliphatic hydroxyl groups excluding tert-OH is 1. The van der Waals surface area contributed by atoms with Gasteiger partial charge in [-0.2, -0.15) is 5.10 Å². The van der Waals surface area contributed by atoms with Gasteiger partial charge in [-0.05, 0) is 57.9 Å². The highest BCUT2D eigenvalue weighted by atomic mass is 16.5. The molecule has 0 spiro atoms. The summed E-state index contributed by atoms with van der Waals surface area (Å²) in [5.74, 6) is 0.560. The molecule has 0 radical (unpaired) electrons. The van der Waals surface area contributed by atoms with E-state index in [0.29, 0.717) is 41.7 Å². The minimum Gasteiger partial charge on any atom is -0.486 e. The van der Waals surface area contributed by atoms with E-state index in [1.54, 1.807) is 40.9 Å². The number of carbonyl (C=O) groups excluding carboxylic acids is 2. The standard InChI is InChI=1S/C29H43N5O4/c1-19-15-34(21(3)18-35)29(37)23-12-9-13-24(30-28(36)25-14-20(2)31-33(25)5)27(23)38-26(19)17-32(4)16-22-10-7-6-8-11-22/h9,12-14,19,21-22,26,35H,6-8,10-11,15-18H2,1-5H3,(H,30,36)/t19-,21-,26+/m0/s1. The average molecular weight is 526 g/mol. The Morgan fingerprint density at radius 2 is 2.00 bits per heavy atom. The van der Waals surface area contributed by atoms with Crippen LogP contribution in [0.1, 0.15) is 72.5 Å². The van der Waals surface area contributed by atoms with Crippen molar-refractivity contribution in [2.45, 2.75) is 65.0 Å². The number of fused-ring (bicyclic) bond motifs is 1. The molecule has 4 rings (SSSR count). The van der Waals surface area contributed by atoms with Gasteiger partial charge in [-0.1, -0.05) is 32.3 Å². The zero-order valence-electron chi connectivity index (χ0n) is 23.4. The quantitative estimate of drug-likeness (QED) is 0.545. The van der Waals surface area contributed by atoms with Gasteiger partial charge >= 0.3 is 0 Å². The molecule has 208 valence electrons. The van der Waals surface area contributed by atoms with Gasteiger partial charge in [-0.15, -0.1) is 0 Å². The second-order valence-electron chi connectivity index (χ2n) is 11.3. The average Bonchev–Trinajstić information content (AvgIpc) is 3.24. The number of hydrogen-bond donors (Lipinski definition) is 2. The van der Waals surface area contributed by atoms with Crippen LogP contribution < -0.4 is 10.1 Å². The minimum absolute atomic E-state index is 0.0124. The zero-order chi connectivity index (χ0) is 27.4. The molecule has 1 aliphatic carbocycles. The van der Waals surface area contributed by atoms with Crippen LogP contribution in [-0.4, -0.2) is 81.9 Å². The van der Waals surface area contributed by atoms with Crippen molar-refractivity contribution in [1.82, 2.24) is 19.6 Å². The van der Waals surface area contributed by atoms with E-state index in [1.807, 2.05) is 13.8 Å². The molecular weight excluding hydrogens is 482 g/mol. The van der Waals surface area contributed by atoms with Crippen LogP contribution in [-0.2, 0) is 7.05 Å². The third kappa shape index (κ3) is 6.38. The number of hydrogen-bond acceptors (Lipinski definition) is 6. The van der Waals surface area contributed by atoms with Crippen LogP contribution in [0, 0.1) is 18.8 Å². The number of aromatic nitrogens is 2. The third-order valence-corrected chi connectivity index (χ3v) is 7.96. The van der Waals surface area contributed by atoms with Gasteiger partial charge in [0, 0.05) is 32.6 Å². The van der Waals surface area contributed by atoms with E-state index in [4.69, 9.17) is 4.74 Å². The van der Waals surface area contributed by atoms with E-state index in [1.165, 1.54) is 32.1 Å². The van der Waals surface area contributed by atoms with Crippen molar-refractivity contribution in [2.24, 2.45) is 18.9 Å². The Bertz CT molecular complexity index is 1130. The summed E-state index contributed by atoms with van der Waals surface area (Å²) in [7, 11) is 3.87. The first-order chi connectivity index (χ1) is 18.2. The highest BCUT2D eigenvalue weighted by molar-refractivity contribution is 6.06. The van der Waals surface area contributed by atoms with Crippen molar-refractivity contribution in [3.05, 3.63) is 41.2 Å². The summed E-state index contributed by atoms with van der Waals surface area (Å²) >= 11 is 0. The molecule has 1 aromatic heterocycles. The van der Waals surface area contributed by atoms with Crippen LogP contribution in [0.5, 0.6) is 5.75 Å². The first kappa shape index (κ1) is 28.1. The van der Waals surface area contributed by atoms with Crippen molar-refractivity contribution in [3.63, 3.8) is 0 Å². The van der Waals surface area contributed by atoms with E-state index in [0.717, 1.165) is 12.2 Å². The van der Waals surface area contributed by atoms with Gasteiger partial charge in [0.05, 0.1) is 29.6 Å². The lowest BCUT2D eigenvalue weighted by molar-refractivity contribution is 0.0332. The number of aryl methyl sites for hydroxylation is 2. The Morgan fingerprint density at radius 3 is 2.66 bits per heavy atom. The molecule has 0 bridgehead atoms. The van der Waals surface area contributed by atoms with Gasteiger partial charge in [0.25, 0.3) is 11.8 Å². The maximum atomic E-state index is 13.7. The van der Waals surface area contributed by atoms with Crippen LogP contribution in [0.2, 0.25) is 0 Å². The molecule has 1 aromatic carbocycles. The number of carbonyl (C=O) groups is 2. The molecule has 1 saturated carbocycles. The predicted molar refractivity (Wildman–Crippen MR) is 148 cm³/mol. The topological polar surface area (TPSA) is 99.9 Å². The van der Waals surface area contributed by atoms with Crippen molar-refractivity contribution < 1.29 is 19.4 Å². The first-order valence-electron chi connectivity index (χ1n) is 13.9. The number of nitrogens with zero attached hydrogens (tertiary/aromatic N) is 4. The van der Waals surface area contributed by atoms with E-state index in [9.17, 15) is 14.7 Å². The Morgan fingerprint density at radius 1 is 1.26 bits per heavy atom. The summed E-state index contributed by atoms with van der Waals surface area (Å²) in [4.78, 5) is 30.9. The van der Waals surface area contributed by atoms with Crippen LogP contribution >= 0.6 is 0 Å². The second-order valence-corrected chi connectivity index (χ2v) is 11.3. The van der Waals surface area contributed by atoms with E-state index < -0.39 is 0 Å². The maximum absolute atomic E-state index is 13.7. The number of rotatable bonds is 8. The molecule has 2 aromatic rings. The molecule has 0 unspecified atom stereocenters. The molecule has 2 N–H and O–H groups in total. The fourth-order valence-corrected chi connectivity index (χ4v) is 5.76. The molecule has 2 aliphatic rings. The molecule has 2 heterocycles. The second kappa shape index (κ2) is 12.3. The Kier molecular flexibility index (Phi) is 9.10. The molecule has 1 fully saturated rings. The Balaban J connectivity index is 1.65. The van der Waals surface area contributed by atoms with Crippen LogP contribution in [0.3, 0.4) is 0 Å². The Labute approximate surface area is 226 Å². The largest absolute Gasteiger partial charge is 0.486 e. The summed E-state index contributed by atoms with van der Waals surface area (Å²) in [6.45, 7) is 7.86. The fraction of sp³-hybridized carbons (Fsp3) is 0.621. The molecule has 3 atom stereocenters. The van der Waals surface area contributed by atoms with Gasteiger partial charge in [0.1, 0.15) is 11.8 Å². The highest BCUT2D eigenvalue weighted by Gasteiger charge is 2.35. The molecule has 1 aliphatic heterocycles. The van der Waals surface area contributed by atoms with Crippen molar-refractivity contribution in [1.29, 1.82) is 0 Å². The van der Waals surface area contributed by atoms with E-state index >= 15 is 0 Å². The molecule has 2 amide bonds. The van der Waals surface area contributed by atoms with Gasteiger partial charge in [0.2, 0.25) is 0 Å². The van der Waals surface area contributed by atoms with Gasteiger partial charge in [0.15, 0.2) is 5.75 Å². The number of anilines is 1. The smallest absolute Gasteiger partial charge is 0.274 e. The summed E-state index contributed by atoms with van der Waals surface area (Å²) < 4.78 is 8.20. The van der Waals surface area contributed by atoms with Crippen molar-refractivity contribution >= 4 is 17.5 Å². The number of likely N-dealkylation sites (N-methyl/N-ethyl adjacent to an activating group) is 1. The summed E-state index contributed by atoms with van der Waals surface area (Å²) in [5.41, 5.74) is 2.00. The molecular formula is C29H43N5O4. The maximum Gasteiger partial charge on any atom is 0.274 e. The summed E-state index contributed by atoms with van der Waals surface area (Å²) in [6.07, 6.45) is 6.28. The van der Waals surface area contributed by atoms with Crippen LogP contribution in [0.15, 0.2) is 24.3 Å². The highest BCUT2D eigenvalue weighted by Crippen LogP contribution is 2.35. The van der Waals surface area contributed by atoms with Gasteiger partial charge in [-0.25, -0.2) is 0 Å². The number of para-hydroxylation sites is 1. The van der Waals surface area contributed by atoms with E-state index in [2.05, 4.69) is 29.3 Å². The van der Waals surface area contributed by atoms with Gasteiger partial charge in [-0.3, -0.25) is 14.3 Å². The lowest BCUT2D eigenvalue weighted by Gasteiger charge is -2.39. The van der Waals surface area contributed by atoms with E-state index in [-0.39, 0.29) is 36.5 Å². The van der Waals surface area contributed by atoms with Crippen molar-refractivity contribution in [2.75, 3.05) is 38.6 Å². The Hall–Kier alpha value is -2.91.